The van der Waals surface area contributed by atoms with Crippen LogP contribution in [0.1, 0.15) is 10.5 Å². The fourth-order valence-corrected chi connectivity index (χ4v) is 2.32. The van der Waals surface area contributed by atoms with E-state index in [-0.39, 0.29) is 5.69 Å². The largest absolute Gasteiger partial charge is 0.497 e. The zero-order valence-corrected chi connectivity index (χ0v) is 11.3. The molecule has 5 heteroatoms. The SMILES string of the molecule is COc1ccc(-c2ccc3c(c2)cc(C(=O)O)n3O)cc1. The molecular formula is C16H13NO4. The first-order valence-corrected chi connectivity index (χ1v) is 6.32. The molecule has 0 bridgehead atoms. The van der Waals surface area contributed by atoms with Crippen LogP contribution in [0.5, 0.6) is 5.75 Å². The first kappa shape index (κ1) is 13.1. The lowest BCUT2D eigenvalue weighted by molar-refractivity contribution is 0.0649. The Kier molecular flexibility index (Phi) is 3.02. The molecule has 0 spiro atoms. The third-order valence-electron chi connectivity index (χ3n) is 3.42. The van der Waals surface area contributed by atoms with E-state index in [0.717, 1.165) is 16.9 Å². The van der Waals surface area contributed by atoms with Crippen molar-refractivity contribution in [1.82, 2.24) is 4.73 Å². The van der Waals surface area contributed by atoms with Gasteiger partial charge < -0.3 is 15.1 Å². The summed E-state index contributed by atoms with van der Waals surface area (Å²) in [7, 11) is 1.61. The number of aromatic nitrogens is 1. The van der Waals surface area contributed by atoms with Gasteiger partial charge in [0.25, 0.3) is 0 Å². The number of carboxylic acid groups (broad SMARTS) is 1. The Hall–Kier alpha value is -2.95. The standard InChI is InChI=1S/C16H13NO4/c1-21-13-5-2-10(3-6-13)11-4-7-14-12(8-11)9-15(16(18)19)17(14)20/h2-9,20H,1H3,(H,18,19). The van der Waals surface area contributed by atoms with Crippen LogP contribution in [-0.4, -0.2) is 28.1 Å². The number of nitrogens with zero attached hydrogens (tertiary/aromatic N) is 1. The zero-order chi connectivity index (χ0) is 15.0. The molecule has 0 unspecified atom stereocenters. The van der Waals surface area contributed by atoms with Crippen LogP contribution in [0.2, 0.25) is 0 Å². The molecule has 21 heavy (non-hydrogen) atoms. The molecule has 0 fully saturated rings. The molecule has 0 saturated carbocycles. The van der Waals surface area contributed by atoms with Gasteiger partial charge in [-0.2, -0.15) is 4.73 Å². The van der Waals surface area contributed by atoms with Crippen molar-refractivity contribution < 1.29 is 19.8 Å². The summed E-state index contributed by atoms with van der Waals surface area (Å²) in [5.41, 5.74) is 2.23. The molecular weight excluding hydrogens is 270 g/mol. The molecule has 106 valence electrons. The van der Waals surface area contributed by atoms with Gasteiger partial charge in [-0.25, -0.2) is 4.79 Å². The van der Waals surface area contributed by atoms with E-state index in [0.29, 0.717) is 15.6 Å². The third-order valence-corrected chi connectivity index (χ3v) is 3.42. The maximum Gasteiger partial charge on any atom is 0.356 e. The summed E-state index contributed by atoms with van der Waals surface area (Å²) in [6.07, 6.45) is 0. The van der Waals surface area contributed by atoms with Crippen molar-refractivity contribution in [3.63, 3.8) is 0 Å². The van der Waals surface area contributed by atoms with E-state index in [1.807, 2.05) is 36.4 Å². The highest BCUT2D eigenvalue weighted by atomic mass is 16.5. The summed E-state index contributed by atoms with van der Waals surface area (Å²) in [4.78, 5) is 11.0. The van der Waals surface area contributed by atoms with Gasteiger partial charge in [-0.15, -0.1) is 0 Å². The smallest absolute Gasteiger partial charge is 0.356 e. The predicted molar refractivity (Wildman–Crippen MR) is 78.1 cm³/mol. The molecule has 0 radical (unpaired) electrons. The quantitative estimate of drug-likeness (QED) is 0.724. The number of hydrogen-bond donors (Lipinski definition) is 2. The monoisotopic (exact) mass is 283 g/mol. The molecule has 3 rings (SSSR count). The number of hydrogen-bond acceptors (Lipinski definition) is 3. The van der Waals surface area contributed by atoms with Crippen LogP contribution in [-0.2, 0) is 0 Å². The molecule has 0 saturated heterocycles. The van der Waals surface area contributed by atoms with Crippen molar-refractivity contribution in [2.75, 3.05) is 7.11 Å². The topological polar surface area (TPSA) is 71.7 Å². The van der Waals surface area contributed by atoms with Crippen LogP contribution < -0.4 is 4.74 Å². The van der Waals surface area contributed by atoms with Crippen LogP contribution >= 0.6 is 0 Å². The molecule has 3 aromatic rings. The van der Waals surface area contributed by atoms with E-state index in [2.05, 4.69) is 0 Å². The first-order chi connectivity index (χ1) is 10.1. The maximum atomic E-state index is 11.0. The Balaban J connectivity index is 2.09. The van der Waals surface area contributed by atoms with Gasteiger partial charge in [0.05, 0.1) is 12.6 Å². The van der Waals surface area contributed by atoms with Crippen molar-refractivity contribution in [2.24, 2.45) is 0 Å². The molecule has 0 aliphatic rings. The molecule has 2 aromatic carbocycles. The highest BCUT2D eigenvalue weighted by Crippen LogP contribution is 2.27. The Labute approximate surface area is 120 Å². The van der Waals surface area contributed by atoms with Crippen molar-refractivity contribution in [3.8, 4) is 16.9 Å². The van der Waals surface area contributed by atoms with Gasteiger partial charge in [-0.05, 0) is 41.5 Å². The van der Waals surface area contributed by atoms with Crippen LogP contribution in [0, 0.1) is 0 Å². The lowest BCUT2D eigenvalue weighted by Gasteiger charge is -2.04. The van der Waals surface area contributed by atoms with E-state index in [1.54, 1.807) is 13.2 Å². The zero-order valence-electron chi connectivity index (χ0n) is 11.3. The molecule has 5 nitrogen and oxygen atoms in total. The number of fused-ring (bicyclic) bond motifs is 1. The van der Waals surface area contributed by atoms with Crippen LogP contribution in [0.15, 0.2) is 48.5 Å². The Bertz CT molecular complexity index is 818. The molecule has 0 aliphatic carbocycles. The summed E-state index contributed by atoms with van der Waals surface area (Å²) >= 11 is 0. The van der Waals surface area contributed by atoms with Crippen LogP contribution in [0.4, 0.5) is 0 Å². The van der Waals surface area contributed by atoms with E-state index < -0.39 is 5.97 Å². The van der Waals surface area contributed by atoms with Crippen molar-refractivity contribution in [3.05, 3.63) is 54.2 Å². The third kappa shape index (κ3) is 2.18. The summed E-state index contributed by atoms with van der Waals surface area (Å²) in [5.74, 6) is -0.394. The predicted octanol–water partition coefficient (Wildman–Crippen LogP) is 3.25. The van der Waals surface area contributed by atoms with Gasteiger partial charge in [0.1, 0.15) is 5.75 Å². The number of rotatable bonds is 3. The minimum Gasteiger partial charge on any atom is -0.497 e. The molecule has 1 aromatic heterocycles. The van der Waals surface area contributed by atoms with Gasteiger partial charge in [0, 0.05) is 5.39 Å². The van der Waals surface area contributed by atoms with Gasteiger partial charge in [-0.1, -0.05) is 18.2 Å². The van der Waals surface area contributed by atoms with E-state index in [4.69, 9.17) is 9.84 Å². The molecule has 2 N–H and O–H groups in total. The van der Waals surface area contributed by atoms with Gasteiger partial charge in [-0.3, -0.25) is 0 Å². The minimum absolute atomic E-state index is 0.156. The summed E-state index contributed by atoms with van der Waals surface area (Å²) in [6, 6.07) is 14.4. The van der Waals surface area contributed by atoms with Crippen molar-refractivity contribution in [1.29, 1.82) is 0 Å². The highest BCUT2D eigenvalue weighted by molar-refractivity contribution is 5.95. The second kappa shape index (κ2) is 4.86. The lowest BCUT2D eigenvalue weighted by atomic mass is 10.0. The Morgan fingerprint density at radius 1 is 1.05 bits per heavy atom. The van der Waals surface area contributed by atoms with Gasteiger partial charge >= 0.3 is 5.97 Å². The van der Waals surface area contributed by atoms with Crippen molar-refractivity contribution in [2.45, 2.75) is 0 Å². The number of ether oxygens (including phenoxy) is 1. The minimum atomic E-state index is -1.17. The normalized spacial score (nSPS) is 10.7. The fourth-order valence-electron chi connectivity index (χ4n) is 2.32. The van der Waals surface area contributed by atoms with Crippen LogP contribution in [0.3, 0.4) is 0 Å². The molecule has 0 aliphatic heterocycles. The summed E-state index contributed by atoms with van der Waals surface area (Å²) in [5, 5.41) is 19.5. The molecule has 0 amide bonds. The molecule has 0 atom stereocenters. The number of carbonyl (C=O) groups is 1. The van der Waals surface area contributed by atoms with Crippen molar-refractivity contribution >= 4 is 16.9 Å². The number of methoxy groups -OCH3 is 1. The maximum absolute atomic E-state index is 11.0. The summed E-state index contributed by atoms with van der Waals surface area (Å²) in [6.45, 7) is 0. The van der Waals surface area contributed by atoms with Gasteiger partial charge in [0.15, 0.2) is 5.69 Å². The first-order valence-electron chi connectivity index (χ1n) is 6.32. The second-order valence-electron chi connectivity index (χ2n) is 4.65. The van der Waals surface area contributed by atoms with E-state index in [1.165, 1.54) is 6.07 Å². The number of benzene rings is 2. The average molecular weight is 283 g/mol. The van der Waals surface area contributed by atoms with E-state index in [9.17, 15) is 10.0 Å². The summed E-state index contributed by atoms with van der Waals surface area (Å²) < 4.78 is 5.81. The molecule has 1 heterocycles. The number of aromatic carboxylic acids is 1. The van der Waals surface area contributed by atoms with E-state index >= 15 is 0 Å². The van der Waals surface area contributed by atoms with Crippen LogP contribution in [0.25, 0.3) is 22.0 Å². The second-order valence-corrected chi connectivity index (χ2v) is 4.65. The average Bonchev–Trinajstić information content (AvgIpc) is 2.84. The fraction of sp³-hybridized carbons (Fsp3) is 0.0625. The Morgan fingerprint density at radius 3 is 2.33 bits per heavy atom. The number of carboxylic acids is 1. The lowest BCUT2D eigenvalue weighted by Crippen LogP contribution is -2.04. The Morgan fingerprint density at radius 2 is 1.71 bits per heavy atom. The van der Waals surface area contributed by atoms with Gasteiger partial charge in [0.2, 0.25) is 0 Å². The highest BCUT2D eigenvalue weighted by Gasteiger charge is 2.14.